The van der Waals surface area contributed by atoms with Crippen molar-refractivity contribution in [2.75, 3.05) is 0 Å². The molecule has 0 radical (unpaired) electrons. The minimum atomic E-state index is -1.25. The maximum absolute atomic E-state index is 12.2. The molecule has 2 N–H and O–H groups in total. The van der Waals surface area contributed by atoms with Gasteiger partial charge in [-0.2, -0.15) is 0 Å². The highest BCUT2D eigenvalue weighted by atomic mass is 16.3. The van der Waals surface area contributed by atoms with Gasteiger partial charge in [0.15, 0.2) is 11.6 Å². The summed E-state index contributed by atoms with van der Waals surface area (Å²) in [5.41, 5.74) is -1.76. The minimum absolute atomic E-state index is 0.0595. The van der Waals surface area contributed by atoms with E-state index >= 15 is 0 Å². The number of hydrogen-bond acceptors (Lipinski definition) is 4. The summed E-state index contributed by atoms with van der Waals surface area (Å²) in [4.78, 5) is 24.1. The topological polar surface area (TPSA) is 74.6 Å². The molecule has 138 valence electrons. The quantitative estimate of drug-likeness (QED) is 0.765. The number of ketones is 2. The largest absolute Gasteiger partial charge is 0.393 e. The van der Waals surface area contributed by atoms with Crippen LogP contribution in [0.4, 0.5) is 0 Å². The molecule has 3 saturated carbocycles. The van der Waals surface area contributed by atoms with Crippen molar-refractivity contribution < 1.29 is 19.8 Å². The number of fused-ring (bicyclic) bond motifs is 5. The Morgan fingerprint density at radius 2 is 1.88 bits per heavy atom. The molecule has 4 nitrogen and oxygen atoms in total. The second-order valence-electron chi connectivity index (χ2n) is 9.57. The summed E-state index contributed by atoms with van der Waals surface area (Å²) < 4.78 is 0. The fourth-order valence-corrected chi connectivity index (χ4v) is 7.20. The van der Waals surface area contributed by atoms with E-state index in [0.29, 0.717) is 25.2 Å². The third-order valence-electron chi connectivity index (χ3n) is 8.79. The molecule has 4 heteroatoms. The predicted molar refractivity (Wildman–Crippen MR) is 93.7 cm³/mol. The SMILES string of the molecule is CC(=O)[C@@]1(O)CC[C@H]2[C@@H]3C(O)CC4CC(=O)C=C[C@]4(C)[C@H]3CC[C@@]21C. The number of Topliss-reactive ketones (excluding diaryl/α,β-unsaturated/α-hetero) is 1. The van der Waals surface area contributed by atoms with Gasteiger partial charge in [-0.05, 0) is 74.2 Å². The maximum atomic E-state index is 12.2. The first-order chi connectivity index (χ1) is 11.6. The smallest absolute Gasteiger partial charge is 0.161 e. The van der Waals surface area contributed by atoms with E-state index in [0.717, 1.165) is 19.3 Å². The monoisotopic (exact) mass is 346 g/mol. The van der Waals surface area contributed by atoms with Crippen LogP contribution in [-0.4, -0.2) is 33.5 Å². The van der Waals surface area contributed by atoms with Crippen LogP contribution in [0.3, 0.4) is 0 Å². The van der Waals surface area contributed by atoms with E-state index in [1.54, 1.807) is 6.08 Å². The number of carbonyl (C=O) groups is 2. The van der Waals surface area contributed by atoms with E-state index in [1.807, 2.05) is 0 Å². The van der Waals surface area contributed by atoms with Crippen LogP contribution in [0, 0.1) is 34.5 Å². The molecule has 0 spiro atoms. The van der Waals surface area contributed by atoms with E-state index < -0.39 is 17.1 Å². The van der Waals surface area contributed by atoms with Gasteiger partial charge in [0.25, 0.3) is 0 Å². The van der Waals surface area contributed by atoms with Gasteiger partial charge in [-0.3, -0.25) is 9.59 Å². The van der Waals surface area contributed by atoms with E-state index in [2.05, 4.69) is 19.9 Å². The molecule has 4 rings (SSSR count). The summed E-state index contributed by atoms with van der Waals surface area (Å²) in [6.45, 7) is 5.81. The zero-order chi connectivity index (χ0) is 18.2. The Hall–Kier alpha value is -1.00. The van der Waals surface area contributed by atoms with Gasteiger partial charge in [0, 0.05) is 11.8 Å². The summed E-state index contributed by atoms with van der Waals surface area (Å²) in [7, 11) is 0. The lowest BCUT2D eigenvalue weighted by atomic mass is 9.44. The van der Waals surface area contributed by atoms with Crippen LogP contribution in [0.2, 0.25) is 0 Å². The third-order valence-corrected chi connectivity index (χ3v) is 8.79. The molecule has 4 aliphatic rings. The number of carbonyl (C=O) groups excluding carboxylic acids is 2. The van der Waals surface area contributed by atoms with Crippen molar-refractivity contribution in [2.45, 2.75) is 71.0 Å². The molecule has 0 saturated heterocycles. The summed E-state index contributed by atoms with van der Waals surface area (Å²) in [5.74, 6) is 0.830. The highest BCUT2D eigenvalue weighted by molar-refractivity contribution is 5.91. The predicted octanol–water partition coefficient (Wildman–Crippen LogP) is 2.67. The number of hydrogen-bond donors (Lipinski definition) is 2. The minimum Gasteiger partial charge on any atom is -0.393 e. The van der Waals surface area contributed by atoms with Crippen LogP contribution in [-0.2, 0) is 9.59 Å². The van der Waals surface area contributed by atoms with Gasteiger partial charge in [0.05, 0.1) is 6.10 Å². The first kappa shape index (κ1) is 17.4. The average molecular weight is 346 g/mol. The molecule has 25 heavy (non-hydrogen) atoms. The van der Waals surface area contributed by atoms with E-state index in [1.165, 1.54) is 6.92 Å². The van der Waals surface area contributed by atoms with Gasteiger partial charge in [-0.25, -0.2) is 0 Å². The summed E-state index contributed by atoms with van der Waals surface area (Å²) in [5, 5.41) is 22.2. The summed E-state index contributed by atoms with van der Waals surface area (Å²) >= 11 is 0. The van der Waals surface area contributed by atoms with Gasteiger partial charge < -0.3 is 10.2 Å². The molecule has 0 aliphatic heterocycles. The Kier molecular flexibility index (Phi) is 3.66. The molecule has 0 bridgehead atoms. The lowest BCUT2D eigenvalue weighted by molar-refractivity contribution is -0.177. The standard InChI is InChI=1S/C21H30O4/c1-12(22)21(25)9-6-16-18-15(5-8-20(16,21)3)19(2)7-4-14(23)10-13(19)11-17(18)24/h4,7,13,15-18,24-25H,5-6,8-11H2,1-3H3/t13?,15-,16-,17?,18+,19-,20-,21-/m0/s1. The molecule has 4 aliphatic carbocycles. The maximum Gasteiger partial charge on any atom is 0.161 e. The van der Waals surface area contributed by atoms with Gasteiger partial charge >= 0.3 is 0 Å². The molecule has 0 amide bonds. The number of aliphatic hydroxyl groups excluding tert-OH is 1. The Bertz CT molecular complexity index is 654. The van der Waals surface area contributed by atoms with Crippen LogP contribution in [0.1, 0.15) is 59.3 Å². The van der Waals surface area contributed by atoms with Crippen LogP contribution in [0.25, 0.3) is 0 Å². The Balaban J connectivity index is 1.74. The molecule has 0 heterocycles. The van der Waals surface area contributed by atoms with Crippen LogP contribution in [0.15, 0.2) is 12.2 Å². The molecular weight excluding hydrogens is 316 g/mol. The van der Waals surface area contributed by atoms with Crippen molar-refractivity contribution in [2.24, 2.45) is 34.5 Å². The van der Waals surface area contributed by atoms with Crippen LogP contribution < -0.4 is 0 Å². The van der Waals surface area contributed by atoms with Crippen molar-refractivity contribution in [3.63, 3.8) is 0 Å². The summed E-state index contributed by atoms with van der Waals surface area (Å²) in [6, 6.07) is 0. The molecule has 2 unspecified atom stereocenters. The van der Waals surface area contributed by atoms with Crippen molar-refractivity contribution in [3.05, 3.63) is 12.2 Å². The average Bonchev–Trinajstić information content (AvgIpc) is 2.82. The van der Waals surface area contributed by atoms with Crippen molar-refractivity contribution in [1.82, 2.24) is 0 Å². The lowest BCUT2D eigenvalue weighted by Crippen LogP contribution is -2.60. The van der Waals surface area contributed by atoms with Crippen LogP contribution >= 0.6 is 0 Å². The molecule has 0 aromatic heterocycles. The van der Waals surface area contributed by atoms with Crippen molar-refractivity contribution >= 4 is 11.6 Å². The van der Waals surface area contributed by atoms with Crippen LogP contribution in [0.5, 0.6) is 0 Å². The molecule has 0 aromatic carbocycles. The van der Waals surface area contributed by atoms with Gasteiger partial charge in [0.2, 0.25) is 0 Å². The van der Waals surface area contributed by atoms with Gasteiger partial charge in [0.1, 0.15) is 5.60 Å². The fraction of sp³-hybridized carbons (Fsp3) is 0.810. The molecule has 8 atom stereocenters. The number of aliphatic hydroxyl groups is 2. The highest BCUT2D eigenvalue weighted by Gasteiger charge is 2.67. The fourth-order valence-electron chi connectivity index (χ4n) is 7.20. The van der Waals surface area contributed by atoms with Crippen molar-refractivity contribution in [1.29, 1.82) is 0 Å². The second-order valence-corrected chi connectivity index (χ2v) is 9.57. The molecule has 3 fully saturated rings. The molecular formula is C21H30O4. The normalized spacial score (nSPS) is 54.6. The lowest BCUT2D eigenvalue weighted by Gasteiger charge is -2.60. The van der Waals surface area contributed by atoms with E-state index in [9.17, 15) is 19.8 Å². The van der Waals surface area contributed by atoms with E-state index in [-0.39, 0.29) is 34.7 Å². The van der Waals surface area contributed by atoms with Gasteiger partial charge in [-0.1, -0.05) is 19.9 Å². The Morgan fingerprint density at radius 1 is 1.20 bits per heavy atom. The second kappa shape index (κ2) is 5.26. The van der Waals surface area contributed by atoms with E-state index in [4.69, 9.17) is 0 Å². The third kappa shape index (κ3) is 2.07. The summed E-state index contributed by atoms with van der Waals surface area (Å²) in [6.07, 6.45) is 7.60. The number of allylic oxidation sites excluding steroid dienone is 2. The highest BCUT2D eigenvalue weighted by Crippen LogP contribution is 2.67. The number of rotatable bonds is 1. The first-order valence-corrected chi connectivity index (χ1v) is 9.77. The van der Waals surface area contributed by atoms with Crippen molar-refractivity contribution in [3.8, 4) is 0 Å². The zero-order valence-corrected chi connectivity index (χ0v) is 15.5. The van der Waals surface area contributed by atoms with Gasteiger partial charge in [-0.15, -0.1) is 0 Å². The molecule has 0 aromatic rings. The first-order valence-electron chi connectivity index (χ1n) is 9.77. The Labute approximate surface area is 149 Å². The zero-order valence-electron chi connectivity index (χ0n) is 15.5. The Morgan fingerprint density at radius 3 is 2.56 bits per heavy atom.